The molecule has 0 saturated heterocycles. The maximum Gasteiger partial charge on any atom is 0.263 e. The Balaban J connectivity index is 1.44. The highest BCUT2D eigenvalue weighted by Crippen LogP contribution is 2.30. The third kappa shape index (κ3) is 5.24. The molecule has 2 atom stereocenters. The van der Waals surface area contributed by atoms with Gasteiger partial charge in [0.2, 0.25) is 11.8 Å². The third-order valence-electron chi connectivity index (χ3n) is 6.02. The summed E-state index contributed by atoms with van der Waals surface area (Å²) in [6.45, 7) is 4.18. The van der Waals surface area contributed by atoms with Crippen molar-refractivity contribution in [1.82, 2.24) is 10.0 Å². The van der Waals surface area contributed by atoms with Gasteiger partial charge in [-0.2, -0.15) is 0 Å². The van der Waals surface area contributed by atoms with Crippen molar-refractivity contribution in [3.8, 4) is 0 Å². The summed E-state index contributed by atoms with van der Waals surface area (Å²) in [5, 5.41) is 5.80. The number of rotatable bonds is 8. The van der Waals surface area contributed by atoms with Crippen LogP contribution in [-0.4, -0.2) is 32.1 Å². The predicted octanol–water partition coefficient (Wildman–Crippen LogP) is 2.80. The first-order chi connectivity index (χ1) is 15.8. The Hall–Kier alpha value is -3.20. The van der Waals surface area contributed by atoms with Crippen LogP contribution in [0, 0.1) is 11.8 Å². The van der Waals surface area contributed by atoms with Crippen molar-refractivity contribution >= 4 is 33.4 Å². The largest absolute Gasteiger partial charge is 0.350 e. The van der Waals surface area contributed by atoms with Gasteiger partial charge in [-0.15, -0.1) is 0 Å². The van der Waals surface area contributed by atoms with Gasteiger partial charge < -0.3 is 10.6 Å². The van der Waals surface area contributed by atoms with Crippen molar-refractivity contribution in [3.05, 3.63) is 59.7 Å². The molecule has 0 aromatic heterocycles. The Kier molecular flexibility index (Phi) is 6.51. The fraction of sp³-hybridized carbons (Fsp3) is 0.375. The van der Waals surface area contributed by atoms with E-state index in [1.807, 2.05) is 38.1 Å². The van der Waals surface area contributed by atoms with E-state index in [-0.39, 0.29) is 34.4 Å². The summed E-state index contributed by atoms with van der Waals surface area (Å²) < 4.78 is 27.2. The molecule has 1 aliphatic carbocycles. The molecule has 2 aromatic carbocycles. The average Bonchev–Trinajstić information content (AvgIpc) is 3.63. The first-order valence-electron chi connectivity index (χ1n) is 11.2. The second-order valence-corrected chi connectivity index (χ2v) is 10.2. The number of hydrogen-bond donors (Lipinski definition) is 3. The van der Waals surface area contributed by atoms with Crippen molar-refractivity contribution in [3.63, 3.8) is 0 Å². The van der Waals surface area contributed by atoms with Crippen LogP contribution in [0.4, 0.5) is 5.69 Å². The highest BCUT2D eigenvalue weighted by Gasteiger charge is 2.33. The molecule has 4 rings (SSSR count). The van der Waals surface area contributed by atoms with Gasteiger partial charge >= 0.3 is 0 Å². The van der Waals surface area contributed by atoms with E-state index in [0.29, 0.717) is 18.5 Å². The molecular weight excluding hydrogens is 440 g/mol. The highest BCUT2D eigenvalue weighted by atomic mass is 32.2. The molecule has 2 aliphatic rings. The topological polar surface area (TPSA) is 117 Å². The van der Waals surface area contributed by atoms with Crippen LogP contribution < -0.4 is 15.4 Å². The van der Waals surface area contributed by atoms with Gasteiger partial charge in [-0.25, -0.2) is 8.42 Å². The van der Waals surface area contributed by atoms with Gasteiger partial charge in [0.15, 0.2) is 0 Å². The maximum absolute atomic E-state index is 13.0. The molecule has 3 N–H and O–H groups in total. The second-order valence-electron chi connectivity index (χ2n) is 8.59. The average molecular weight is 469 g/mol. The van der Waals surface area contributed by atoms with Crippen LogP contribution in [-0.2, 0) is 26.2 Å². The zero-order chi connectivity index (χ0) is 23.6. The summed E-state index contributed by atoms with van der Waals surface area (Å²) in [5.74, 6) is 0.0261. The first-order valence-corrected chi connectivity index (χ1v) is 12.6. The molecule has 0 radical (unpaired) electrons. The molecule has 1 aliphatic heterocycles. The molecule has 2 unspecified atom stereocenters. The molecule has 1 fully saturated rings. The predicted molar refractivity (Wildman–Crippen MR) is 126 cm³/mol. The number of carbonyl (C=O) groups is 2. The molecule has 174 valence electrons. The third-order valence-corrected chi connectivity index (χ3v) is 7.42. The molecule has 0 spiro atoms. The Labute approximate surface area is 193 Å². The summed E-state index contributed by atoms with van der Waals surface area (Å²) in [6, 6.07) is 13.2. The Morgan fingerprint density at radius 1 is 1.12 bits per heavy atom. The Bertz CT molecular complexity index is 1190. The number of aliphatic imine (C=N–C) groups is 1. The quantitative estimate of drug-likeness (QED) is 0.552. The van der Waals surface area contributed by atoms with Gasteiger partial charge in [-0.3, -0.25) is 19.3 Å². The zero-order valence-corrected chi connectivity index (χ0v) is 19.5. The number of nitrogens with zero attached hydrogens (tertiary/aromatic N) is 1. The van der Waals surface area contributed by atoms with Gasteiger partial charge in [0.25, 0.3) is 10.0 Å². The van der Waals surface area contributed by atoms with E-state index in [1.165, 1.54) is 6.07 Å². The van der Waals surface area contributed by atoms with Gasteiger partial charge in [-0.05, 0) is 48.6 Å². The Morgan fingerprint density at radius 3 is 2.48 bits per heavy atom. The van der Waals surface area contributed by atoms with Crippen LogP contribution in [0.25, 0.3) is 0 Å². The van der Waals surface area contributed by atoms with E-state index in [4.69, 9.17) is 0 Å². The lowest BCUT2D eigenvalue weighted by Crippen LogP contribution is -2.38. The van der Waals surface area contributed by atoms with Crippen LogP contribution in [0.15, 0.2) is 58.4 Å². The minimum Gasteiger partial charge on any atom is -0.350 e. The minimum atomic E-state index is -3.67. The molecule has 0 bridgehead atoms. The minimum absolute atomic E-state index is 0.0515. The summed E-state index contributed by atoms with van der Waals surface area (Å²) in [6.07, 6.45) is 2.60. The standard InChI is InChI=1S/C24H28N4O4S/c1-3-15(2)21(27-22-19-6-4-5-7-20(19)33(31,32)28-22)24(30)25-14-16-8-12-18(13-9-16)26-23(29)17-10-11-17/h4-9,12-13,15,17,21H,3,10-11,14H2,1-2H3,(H,25,30)(H,26,29)(H,27,28). The fourth-order valence-electron chi connectivity index (χ4n) is 3.63. The lowest BCUT2D eigenvalue weighted by atomic mass is 9.98. The van der Waals surface area contributed by atoms with Crippen LogP contribution in [0.2, 0.25) is 0 Å². The van der Waals surface area contributed by atoms with Crippen molar-refractivity contribution < 1.29 is 18.0 Å². The van der Waals surface area contributed by atoms with E-state index < -0.39 is 16.1 Å². The Morgan fingerprint density at radius 2 is 1.82 bits per heavy atom. The summed E-state index contributed by atoms with van der Waals surface area (Å²) >= 11 is 0. The number of anilines is 1. The number of amides is 2. The fourth-order valence-corrected chi connectivity index (χ4v) is 4.86. The number of amidine groups is 1. The second kappa shape index (κ2) is 9.35. The molecule has 2 aromatic rings. The maximum atomic E-state index is 13.0. The van der Waals surface area contributed by atoms with Gasteiger partial charge in [0.1, 0.15) is 11.9 Å². The summed E-state index contributed by atoms with van der Waals surface area (Å²) in [5.41, 5.74) is 2.09. The number of benzene rings is 2. The molecular formula is C24H28N4O4S. The lowest BCUT2D eigenvalue weighted by Gasteiger charge is -2.19. The van der Waals surface area contributed by atoms with E-state index >= 15 is 0 Å². The van der Waals surface area contributed by atoms with E-state index in [0.717, 1.165) is 24.1 Å². The van der Waals surface area contributed by atoms with Crippen LogP contribution in [0.1, 0.15) is 44.2 Å². The van der Waals surface area contributed by atoms with E-state index in [9.17, 15) is 18.0 Å². The molecule has 33 heavy (non-hydrogen) atoms. The van der Waals surface area contributed by atoms with Crippen molar-refractivity contribution in [2.45, 2.75) is 50.6 Å². The molecule has 8 nitrogen and oxygen atoms in total. The summed E-state index contributed by atoms with van der Waals surface area (Å²) in [7, 11) is -3.67. The van der Waals surface area contributed by atoms with Crippen LogP contribution in [0.5, 0.6) is 0 Å². The highest BCUT2D eigenvalue weighted by molar-refractivity contribution is 7.90. The normalized spacial score (nSPS) is 19.3. The number of carbonyl (C=O) groups excluding carboxylic acids is 2. The van der Waals surface area contributed by atoms with Crippen molar-refractivity contribution in [1.29, 1.82) is 0 Å². The van der Waals surface area contributed by atoms with E-state index in [1.54, 1.807) is 18.2 Å². The zero-order valence-electron chi connectivity index (χ0n) is 18.7. The number of fused-ring (bicyclic) bond motifs is 1. The van der Waals surface area contributed by atoms with Crippen LogP contribution >= 0.6 is 0 Å². The molecule has 9 heteroatoms. The molecule has 1 heterocycles. The monoisotopic (exact) mass is 468 g/mol. The van der Waals surface area contributed by atoms with Crippen LogP contribution in [0.3, 0.4) is 0 Å². The smallest absolute Gasteiger partial charge is 0.263 e. The number of nitrogens with one attached hydrogen (secondary N) is 3. The van der Waals surface area contributed by atoms with Crippen molar-refractivity contribution in [2.24, 2.45) is 16.8 Å². The van der Waals surface area contributed by atoms with Gasteiger partial charge in [0, 0.05) is 23.7 Å². The molecule has 1 saturated carbocycles. The summed E-state index contributed by atoms with van der Waals surface area (Å²) in [4.78, 5) is 29.6. The SMILES string of the molecule is CCC(C)C(N=C1NS(=O)(=O)c2ccccc21)C(=O)NCc1ccc(NC(=O)C2CC2)cc1. The van der Waals surface area contributed by atoms with Gasteiger partial charge in [-0.1, -0.05) is 44.5 Å². The number of sulfonamides is 1. The molecule has 2 amide bonds. The number of hydrogen-bond acceptors (Lipinski definition) is 5. The van der Waals surface area contributed by atoms with E-state index in [2.05, 4.69) is 20.3 Å². The van der Waals surface area contributed by atoms with Gasteiger partial charge in [0.05, 0.1) is 4.90 Å². The first kappa shape index (κ1) is 23.0. The van der Waals surface area contributed by atoms with Crippen molar-refractivity contribution in [2.75, 3.05) is 5.32 Å². The lowest BCUT2D eigenvalue weighted by molar-refractivity contribution is -0.123.